The summed E-state index contributed by atoms with van der Waals surface area (Å²) in [5.41, 5.74) is 0.963. The number of aryl methyl sites for hydroxylation is 1. The zero-order valence-electron chi connectivity index (χ0n) is 10.4. The molecule has 1 unspecified atom stereocenters. The summed E-state index contributed by atoms with van der Waals surface area (Å²) < 4.78 is 27.8. The van der Waals surface area contributed by atoms with Gasteiger partial charge >= 0.3 is 0 Å². The van der Waals surface area contributed by atoms with E-state index >= 15 is 0 Å². The quantitative estimate of drug-likeness (QED) is 0.812. The highest BCUT2D eigenvalue weighted by Crippen LogP contribution is 2.31. The van der Waals surface area contributed by atoms with Crippen LogP contribution in [0.1, 0.15) is 18.4 Å². The van der Waals surface area contributed by atoms with Gasteiger partial charge in [0.15, 0.2) is 0 Å². The Labute approximate surface area is 130 Å². The van der Waals surface area contributed by atoms with E-state index in [2.05, 4.69) is 31.9 Å². The maximum Gasteiger partial charge on any atom is 0.244 e. The monoisotopic (exact) mass is 411 g/mol. The third kappa shape index (κ3) is 3.21. The number of rotatable bonds is 2. The highest BCUT2D eigenvalue weighted by Gasteiger charge is 2.31. The van der Waals surface area contributed by atoms with E-state index in [4.69, 9.17) is 0 Å². The first-order valence-corrected chi connectivity index (χ1v) is 8.99. The fourth-order valence-corrected chi connectivity index (χ4v) is 5.26. The molecular formula is C12H15Br2NO3S. The van der Waals surface area contributed by atoms with E-state index in [0.717, 1.165) is 10.0 Å². The summed E-state index contributed by atoms with van der Waals surface area (Å²) in [5.74, 6) is 0. The van der Waals surface area contributed by atoms with Crippen LogP contribution < -0.4 is 0 Å². The van der Waals surface area contributed by atoms with Crippen molar-refractivity contribution >= 4 is 41.9 Å². The fourth-order valence-electron chi connectivity index (χ4n) is 2.10. The minimum absolute atomic E-state index is 0.167. The molecule has 0 spiro atoms. The lowest BCUT2D eigenvalue weighted by atomic mass is 10.1. The molecule has 106 valence electrons. The number of hydrogen-bond donors (Lipinski definition) is 1. The van der Waals surface area contributed by atoms with Gasteiger partial charge in [0.2, 0.25) is 10.0 Å². The Kier molecular flexibility index (Phi) is 4.72. The van der Waals surface area contributed by atoms with Crippen molar-refractivity contribution in [2.45, 2.75) is 30.8 Å². The number of aliphatic hydroxyl groups excluding tert-OH is 1. The molecule has 0 bridgehead atoms. The van der Waals surface area contributed by atoms with Gasteiger partial charge in [0.25, 0.3) is 0 Å². The van der Waals surface area contributed by atoms with Gasteiger partial charge in [-0.25, -0.2) is 8.42 Å². The van der Waals surface area contributed by atoms with Crippen LogP contribution in [0.5, 0.6) is 0 Å². The molecule has 1 heterocycles. The molecule has 0 aliphatic carbocycles. The van der Waals surface area contributed by atoms with Crippen molar-refractivity contribution < 1.29 is 13.5 Å². The Bertz CT molecular complexity index is 589. The van der Waals surface area contributed by atoms with Crippen LogP contribution >= 0.6 is 31.9 Å². The van der Waals surface area contributed by atoms with Crippen molar-refractivity contribution in [3.8, 4) is 0 Å². The van der Waals surface area contributed by atoms with Crippen molar-refractivity contribution in [2.75, 3.05) is 13.1 Å². The van der Waals surface area contributed by atoms with Gasteiger partial charge in [-0.2, -0.15) is 4.31 Å². The number of aliphatic hydroxyl groups is 1. The van der Waals surface area contributed by atoms with Crippen LogP contribution in [0.2, 0.25) is 0 Å². The largest absolute Gasteiger partial charge is 0.392 e. The smallest absolute Gasteiger partial charge is 0.244 e. The normalized spacial score (nSPS) is 21.6. The first-order valence-electron chi connectivity index (χ1n) is 5.96. The summed E-state index contributed by atoms with van der Waals surface area (Å²) in [5, 5.41) is 9.63. The topological polar surface area (TPSA) is 57.6 Å². The number of sulfonamides is 1. The molecule has 1 aliphatic rings. The van der Waals surface area contributed by atoms with Crippen LogP contribution in [0.25, 0.3) is 0 Å². The van der Waals surface area contributed by atoms with Crippen molar-refractivity contribution in [3.63, 3.8) is 0 Å². The SMILES string of the molecule is Cc1cc(Br)c(S(=O)(=O)N2CCCC(O)C2)cc1Br. The van der Waals surface area contributed by atoms with E-state index in [0.29, 0.717) is 23.9 Å². The molecule has 1 fully saturated rings. The Morgan fingerprint density at radius 1 is 1.32 bits per heavy atom. The molecule has 1 aromatic carbocycles. The Balaban J connectivity index is 2.42. The zero-order chi connectivity index (χ0) is 14.2. The average Bonchev–Trinajstić information content (AvgIpc) is 2.33. The van der Waals surface area contributed by atoms with Gasteiger partial charge < -0.3 is 5.11 Å². The Morgan fingerprint density at radius 2 is 2.00 bits per heavy atom. The maximum atomic E-state index is 12.6. The standard InChI is InChI=1S/C12H15Br2NO3S/c1-8-5-11(14)12(6-10(8)13)19(17,18)15-4-2-3-9(16)7-15/h5-6,9,16H,2-4,7H2,1H3. The maximum absolute atomic E-state index is 12.6. The zero-order valence-corrected chi connectivity index (χ0v) is 14.4. The molecule has 1 aromatic rings. The molecular weight excluding hydrogens is 398 g/mol. The van der Waals surface area contributed by atoms with Crippen LogP contribution in [-0.4, -0.2) is 37.0 Å². The molecule has 1 atom stereocenters. The Morgan fingerprint density at radius 3 is 2.63 bits per heavy atom. The molecule has 19 heavy (non-hydrogen) atoms. The van der Waals surface area contributed by atoms with Gasteiger partial charge in [-0.15, -0.1) is 0 Å². The molecule has 0 aromatic heterocycles. The van der Waals surface area contributed by atoms with E-state index in [9.17, 15) is 13.5 Å². The number of piperidine rings is 1. The van der Waals surface area contributed by atoms with Crippen LogP contribution in [0.4, 0.5) is 0 Å². The lowest BCUT2D eigenvalue weighted by Gasteiger charge is -2.29. The summed E-state index contributed by atoms with van der Waals surface area (Å²) in [6, 6.07) is 3.38. The summed E-state index contributed by atoms with van der Waals surface area (Å²) >= 11 is 6.67. The summed E-state index contributed by atoms with van der Waals surface area (Å²) in [7, 11) is -3.57. The van der Waals surface area contributed by atoms with Crippen molar-refractivity contribution in [3.05, 3.63) is 26.6 Å². The second-order valence-corrected chi connectivity index (χ2v) is 8.31. The summed E-state index contributed by atoms with van der Waals surface area (Å²) in [6.07, 6.45) is 0.770. The molecule has 1 N–H and O–H groups in total. The molecule has 0 radical (unpaired) electrons. The van der Waals surface area contributed by atoms with Crippen LogP contribution in [0, 0.1) is 6.92 Å². The second kappa shape index (κ2) is 5.81. The van der Waals surface area contributed by atoms with Gasteiger partial charge in [-0.1, -0.05) is 15.9 Å². The molecule has 1 aliphatic heterocycles. The number of halogens is 2. The lowest BCUT2D eigenvalue weighted by molar-refractivity contribution is 0.108. The second-order valence-electron chi connectivity index (χ2n) is 4.69. The number of hydrogen-bond acceptors (Lipinski definition) is 3. The van der Waals surface area contributed by atoms with E-state index in [1.54, 1.807) is 12.1 Å². The Hall–Kier alpha value is 0.0500. The third-order valence-electron chi connectivity index (χ3n) is 3.19. The van der Waals surface area contributed by atoms with Crippen LogP contribution in [-0.2, 0) is 10.0 Å². The van der Waals surface area contributed by atoms with E-state index in [-0.39, 0.29) is 11.4 Å². The van der Waals surface area contributed by atoms with Crippen molar-refractivity contribution in [1.29, 1.82) is 0 Å². The van der Waals surface area contributed by atoms with Gasteiger partial charge in [-0.05, 0) is 53.4 Å². The van der Waals surface area contributed by atoms with Crippen LogP contribution in [0.15, 0.2) is 26.0 Å². The van der Waals surface area contributed by atoms with Gasteiger partial charge in [0.05, 0.1) is 11.0 Å². The number of nitrogens with zero attached hydrogens (tertiary/aromatic N) is 1. The molecule has 7 heteroatoms. The summed E-state index contributed by atoms with van der Waals surface area (Å²) in [4.78, 5) is 0.235. The predicted octanol–water partition coefficient (Wildman–Crippen LogP) is 2.67. The first-order chi connectivity index (χ1) is 8.82. The molecule has 0 saturated carbocycles. The van der Waals surface area contributed by atoms with Gasteiger partial charge in [-0.3, -0.25) is 0 Å². The van der Waals surface area contributed by atoms with E-state index < -0.39 is 16.1 Å². The molecule has 2 rings (SSSR count). The highest BCUT2D eigenvalue weighted by molar-refractivity contribution is 9.11. The first kappa shape index (κ1) is 15.4. The van der Waals surface area contributed by atoms with Crippen molar-refractivity contribution in [2.24, 2.45) is 0 Å². The summed E-state index contributed by atoms with van der Waals surface area (Å²) in [6.45, 7) is 2.52. The highest BCUT2D eigenvalue weighted by atomic mass is 79.9. The third-order valence-corrected chi connectivity index (χ3v) is 6.87. The van der Waals surface area contributed by atoms with Crippen molar-refractivity contribution in [1.82, 2.24) is 4.31 Å². The van der Waals surface area contributed by atoms with Gasteiger partial charge in [0.1, 0.15) is 0 Å². The van der Waals surface area contributed by atoms with Crippen LogP contribution in [0.3, 0.4) is 0 Å². The van der Waals surface area contributed by atoms with E-state index in [1.165, 1.54) is 4.31 Å². The van der Waals surface area contributed by atoms with E-state index in [1.807, 2.05) is 6.92 Å². The number of benzene rings is 1. The average molecular weight is 413 g/mol. The minimum Gasteiger partial charge on any atom is -0.392 e. The molecule has 1 saturated heterocycles. The molecule has 4 nitrogen and oxygen atoms in total. The molecule has 0 amide bonds. The minimum atomic E-state index is -3.57. The van der Waals surface area contributed by atoms with Gasteiger partial charge in [0, 0.05) is 22.0 Å². The lowest BCUT2D eigenvalue weighted by Crippen LogP contribution is -2.42. The fraction of sp³-hybridized carbons (Fsp3) is 0.500. The number of β-amino-alcohol motifs (C(OH)–C–C–N with tert-alkyl or cyclic N) is 1. The predicted molar refractivity (Wildman–Crippen MR) is 80.6 cm³/mol.